The van der Waals surface area contributed by atoms with Gasteiger partial charge in [-0.15, -0.1) is 0 Å². The highest BCUT2D eigenvalue weighted by molar-refractivity contribution is 6.08. The van der Waals surface area contributed by atoms with Crippen LogP contribution in [0.4, 0.5) is 0 Å². The number of carbonyl (C=O) groups is 1. The molecule has 0 saturated carbocycles. The van der Waals surface area contributed by atoms with Crippen molar-refractivity contribution in [1.82, 2.24) is 4.98 Å². The third-order valence-corrected chi connectivity index (χ3v) is 7.13. The first-order chi connectivity index (χ1) is 16.7. The predicted molar refractivity (Wildman–Crippen MR) is 139 cm³/mol. The third kappa shape index (κ3) is 3.52. The maximum atomic E-state index is 12.5. The zero-order valence-corrected chi connectivity index (χ0v) is 19.4. The van der Waals surface area contributed by atoms with Gasteiger partial charge in [-0.05, 0) is 70.5 Å². The Labute approximate surface area is 199 Å². The second kappa shape index (κ2) is 8.57. The van der Waals surface area contributed by atoms with E-state index in [2.05, 4.69) is 60.7 Å². The van der Waals surface area contributed by atoms with Crippen LogP contribution in [0.15, 0.2) is 78.9 Å². The van der Waals surface area contributed by atoms with Gasteiger partial charge in [-0.2, -0.15) is 0 Å². The summed E-state index contributed by atoms with van der Waals surface area (Å²) in [5.41, 5.74) is 4.62. The van der Waals surface area contributed by atoms with Crippen LogP contribution in [0.3, 0.4) is 0 Å². The molecule has 0 aliphatic heterocycles. The number of hydrogen-bond acceptors (Lipinski definition) is 3. The fourth-order valence-corrected chi connectivity index (χ4v) is 5.54. The number of nitrogens with zero attached hydrogens (tertiary/aromatic N) is 1. The highest BCUT2D eigenvalue weighted by Crippen LogP contribution is 2.44. The fourth-order valence-electron chi connectivity index (χ4n) is 5.54. The number of benzene rings is 4. The number of hydrogen-bond donors (Lipinski definition) is 0. The molecular formula is C31H27NO2. The minimum atomic E-state index is -0.215. The summed E-state index contributed by atoms with van der Waals surface area (Å²) in [5.74, 6) is 0.405. The number of rotatable bonds is 4. The Morgan fingerprint density at radius 2 is 1.68 bits per heavy atom. The molecule has 3 heteroatoms. The molecule has 3 nitrogen and oxygen atoms in total. The zero-order chi connectivity index (χ0) is 23.1. The van der Waals surface area contributed by atoms with E-state index in [1.807, 2.05) is 25.1 Å². The summed E-state index contributed by atoms with van der Waals surface area (Å²) in [6, 6.07) is 27.9. The lowest BCUT2D eigenvalue weighted by Crippen LogP contribution is -2.16. The van der Waals surface area contributed by atoms with Crippen LogP contribution in [0.1, 0.15) is 55.2 Å². The number of pyridine rings is 1. The van der Waals surface area contributed by atoms with Gasteiger partial charge in [0.1, 0.15) is 0 Å². The SMILES string of the molecule is CCCC(=O)Oc1nc2ccccc2cc1C1CCCc2c1ccc1c2ccc2ccccc21. The molecule has 168 valence electrons. The molecule has 1 aromatic heterocycles. The first-order valence-corrected chi connectivity index (χ1v) is 12.3. The summed E-state index contributed by atoms with van der Waals surface area (Å²) >= 11 is 0. The molecule has 0 bridgehead atoms. The van der Waals surface area contributed by atoms with E-state index in [1.165, 1.54) is 32.7 Å². The molecule has 1 unspecified atom stereocenters. The van der Waals surface area contributed by atoms with E-state index >= 15 is 0 Å². The van der Waals surface area contributed by atoms with Gasteiger partial charge < -0.3 is 4.74 Å². The number of para-hydroxylation sites is 1. The Bertz CT molecular complexity index is 1550. The van der Waals surface area contributed by atoms with E-state index in [1.54, 1.807) is 0 Å². The van der Waals surface area contributed by atoms with Gasteiger partial charge in [-0.25, -0.2) is 4.98 Å². The monoisotopic (exact) mass is 445 g/mol. The van der Waals surface area contributed by atoms with Crippen molar-refractivity contribution >= 4 is 38.4 Å². The molecule has 0 fully saturated rings. The maximum absolute atomic E-state index is 12.5. The second-order valence-corrected chi connectivity index (χ2v) is 9.26. The van der Waals surface area contributed by atoms with E-state index in [0.717, 1.165) is 42.1 Å². The van der Waals surface area contributed by atoms with Crippen LogP contribution in [0.2, 0.25) is 0 Å². The highest BCUT2D eigenvalue weighted by Gasteiger charge is 2.28. The van der Waals surface area contributed by atoms with Gasteiger partial charge in [-0.1, -0.05) is 73.7 Å². The summed E-state index contributed by atoms with van der Waals surface area (Å²) in [6.07, 6.45) is 4.33. The third-order valence-electron chi connectivity index (χ3n) is 7.13. The van der Waals surface area contributed by atoms with E-state index in [4.69, 9.17) is 9.72 Å². The average Bonchev–Trinajstić information content (AvgIpc) is 2.87. The van der Waals surface area contributed by atoms with Crippen LogP contribution >= 0.6 is 0 Å². The predicted octanol–water partition coefficient (Wildman–Crippen LogP) is 7.71. The molecule has 0 saturated heterocycles. The zero-order valence-electron chi connectivity index (χ0n) is 19.4. The number of carbonyl (C=O) groups excluding carboxylic acids is 1. The van der Waals surface area contributed by atoms with Gasteiger partial charge in [-0.3, -0.25) is 4.79 Å². The smallest absolute Gasteiger partial charge is 0.312 e. The molecule has 4 aromatic carbocycles. The van der Waals surface area contributed by atoms with Crippen LogP contribution in [-0.2, 0) is 11.2 Å². The molecular weight excluding hydrogens is 418 g/mol. The van der Waals surface area contributed by atoms with Crippen LogP contribution in [0.25, 0.3) is 32.4 Å². The van der Waals surface area contributed by atoms with Gasteiger partial charge in [0.25, 0.3) is 0 Å². The van der Waals surface area contributed by atoms with Crippen molar-refractivity contribution in [2.75, 3.05) is 0 Å². The molecule has 0 amide bonds. The molecule has 1 heterocycles. The topological polar surface area (TPSA) is 39.2 Å². The van der Waals surface area contributed by atoms with Gasteiger partial charge in [0, 0.05) is 23.3 Å². The summed E-state index contributed by atoms with van der Waals surface area (Å²) in [4.78, 5) is 17.3. The lowest BCUT2D eigenvalue weighted by molar-refractivity contribution is -0.134. The van der Waals surface area contributed by atoms with Crippen LogP contribution in [0.5, 0.6) is 5.88 Å². The standard InChI is InChI=1S/C31H27NO2/c1-2-8-30(33)34-31-28(19-21-10-4-6-14-29(21)32-31)24-13-7-12-23-26-16-15-20-9-3-5-11-22(20)25(26)17-18-27(23)24/h3-6,9-11,14-19,24H,2,7-8,12-13H2,1H3. The van der Waals surface area contributed by atoms with Gasteiger partial charge in [0.2, 0.25) is 5.88 Å². The second-order valence-electron chi connectivity index (χ2n) is 9.26. The summed E-state index contributed by atoms with van der Waals surface area (Å²) < 4.78 is 5.86. The molecule has 34 heavy (non-hydrogen) atoms. The van der Waals surface area contributed by atoms with Crippen molar-refractivity contribution in [1.29, 1.82) is 0 Å². The minimum Gasteiger partial charge on any atom is -0.407 e. The molecule has 0 radical (unpaired) electrons. The van der Waals surface area contributed by atoms with Crippen LogP contribution in [-0.4, -0.2) is 11.0 Å². The Hall–Kier alpha value is -3.72. The largest absolute Gasteiger partial charge is 0.407 e. The van der Waals surface area contributed by atoms with Gasteiger partial charge in [0.05, 0.1) is 5.52 Å². The summed E-state index contributed by atoms with van der Waals surface area (Å²) in [6.45, 7) is 1.99. The summed E-state index contributed by atoms with van der Waals surface area (Å²) in [5, 5.41) is 6.28. The Morgan fingerprint density at radius 1 is 0.882 bits per heavy atom. The fraction of sp³-hybridized carbons (Fsp3) is 0.226. The van der Waals surface area contributed by atoms with Crippen molar-refractivity contribution < 1.29 is 9.53 Å². The van der Waals surface area contributed by atoms with E-state index in [9.17, 15) is 4.79 Å². The molecule has 6 rings (SSSR count). The molecule has 1 aliphatic rings. The maximum Gasteiger partial charge on any atom is 0.312 e. The Balaban J connectivity index is 1.53. The number of aryl methyl sites for hydroxylation is 1. The normalized spacial score (nSPS) is 15.5. The molecule has 1 aliphatic carbocycles. The summed E-state index contributed by atoms with van der Waals surface area (Å²) in [7, 11) is 0. The molecule has 1 atom stereocenters. The van der Waals surface area contributed by atoms with E-state index < -0.39 is 0 Å². The minimum absolute atomic E-state index is 0.154. The van der Waals surface area contributed by atoms with E-state index in [0.29, 0.717) is 12.3 Å². The van der Waals surface area contributed by atoms with Crippen molar-refractivity contribution in [2.24, 2.45) is 0 Å². The molecule has 5 aromatic rings. The van der Waals surface area contributed by atoms with Crippen LogP contribution < -0.4 is 4.74 Å². The van der Waals surface area contributed by atoms with Crippen molar-refractivity contribution in [3.8, 4) is 5.88 Å². The number of ether oxygens (including phenoxy) is 1. The lowest BCUT2D eigenvalue weighted by atomic mass is 9.77. The van der Waals surface area contributed by atoms with Crippen molar-refractivity contribution in [3.63, 3.8) is 0 Å². The first kappa shape index (κ1) is 20.9. The van der Waals surface area contributed by atoms with Crippen molar-refractivity contribution in [3.05, 3.63) is 95.6 Å². The van der Waals surface area contributed by atoms with Gasteiger partial charge >= 0.3 is 5.97 Å². The Kier molecular flexibility index (Phi) is 5.26. The number of aromatic nitrogens is 1. The lowest BCUT2D eigenvalue weighted by Gasteiger charge is -2.28. The molecule has 0 spiro atoms. The van der Waals surface area contributed by atoms with Gasteiger partial charge in [0.15, 0.2) is 0 Å². The molecule has 0 N–H and O–H groups in total. The highest BCUT2D eigenvalue weighted by atomic mass is 16.5. The van der Waals surface area contributed by atoms with E-state index in [-0.39, 0.29) is 11.9 Å². The van der Waals surface area contributed by atoms with Crippen molar-refractivity contribution in [2.45, 2.75) is 44.9 Å². The quantitative estimate of drug-likeness (QED) is 0.210. The number of esters is 1. The van der Waals surface area contributed by atoms with Crippen LogP contribution in [0, 0.1) is 0 Å². The first-order valence-electron chi connectivity index (χ1n) is 12.3. The average molecular weight is 446 g/mol. The Morgan fingerprint density at radius 3 is 2.56 bits per heavy atom. The number of fused-ring (bicyclic) bond motifs is 6.